The molecule has 9 nitrogen and oxygen atoms in total. The summed E-state index contributed by atoms with van der Waals surface area (Å²) in [6.07, 6.45) is 1.42. The summed E-state index contributed by atoms with van der Waals surface area (Å²) in [4.78, 5) is 31.3. The van der Waals surface area contributed by atoms with Crippen molar-refractivity contribution >= 4 is 29.3 Å². The van der Waals surface area contributed by atoms with Gasteiger partial charge in [0.2, 0.25) is 0 Å². The van der Waals surface area contributed by atoms with Crippen LogP contribution in [0.3, 0.4) is 0 Å². The van der Waals surface area contributed by atoms with E-state index >= 15 is 0 Å². The van der Waals surface area contributed by atoms with Gasteiger partial charge in [0.25, 0.3) is 5.91 Å². The Bertz CT molecular complexity index is 937. The van der Waals surface area contributed by atoms with Crippen molar-refractivity contribution in [3.63, 3.8) is 0 Å². The van der Waals surface area contributed by atoms with Crippen LogP contribution in [0.1, 0.15) is 48.3 Å². The lowest BCUT2D eigenvalue weighted by Crippen LogP contribution is -2.46. The number of carbonyl (C=O) groups excluding carboxylic acids is 1. The summed E-state index contributed by atoms with van der Waals surface area (Å²) in [6.45, 7) is 7.43. The highest BCUT2D eigenvalue weighted by molar-refractivity contribution is 5.98. The van der Waals surface area contributed by atoms with Gasteiger partial charge in [-0.25, -0.2) is 14.2 Å². The molecule has 0 spiro atoms. The highest BCUT2D eigenvalue weighted by atomic mass is 19.1. The van der Waals surface area contributed by atoms with Crippen LogP contribution in [0.4, 0.5) is 26.5 Å². The molecule has 162 valence electrons. The van der Waals surface area contributed by atoms with Gasteiger partial charge in [-0.05, 0) is 44.4 Å². The van der Waals surface area contributed by atoms with Gasteiger partial charge in [0.15, 0.2) is 11.6 Å². The first-order chi connectivity index (χ1) is 14.2. The highest BCUT2D eigenvalue weighted by Crippen LogP contribution is 2.25. The SMILES string of the molecule is CC[C@H](NC(=O)O)[C@@H](CC)Nc1nc(Nc2cnc(C)c(C)c2)c(C(N)=O)cc1F. The van der Waals surface area contributed by atoms with Gasteiger partial charge in [-0.1, -0.05) is 13.8 Å². The van der Waals surface area contributed by atoms with E-state index in [0.717, 1.165) is 17.3 Å². The van der Waals surface area contributed by atoms with Gasteiger partial charge >= 0.3 is 6.09 Å². The van der Waals surface area contributed by atoms with Crippen LogP contribution < -0.4 is 21.7 Å². The van der Waals surface area contributed by atoms with Crippen LogP contribution in [0, 0.1) is 19.7 Å². The van der Waals surface area contributed by atoms with E-state index < -0.39 is 29.9 Å². The number of carboxylic acid groups (broad SMARTS) is 1. The molecule has 30 heavy (non-hydrogen) atoms. The highest BCUT2D eigenvalue weighted by Gasteiger charge is 2.23. The first-order valence-electron chi connectivity index (χ1n) is 9.62. The van der Waals surface area contributed by atoms with Crippen molar-refractivity contribution in [1.29, 1.82) is 0 Å². The summed E-state index contributed by atoms with van der Waals surface area (Å²) >= 11 is 0. The summed E-state index contributed by atoms with van der Waals surface area (Å²) < 4.78 is 14.7. The number of anilines is 3. The van der Waals surface area contributed by atoms with Crippen LogP contribution in [0.2, 0.25) is 0 Å². The first-order valence-corrected chi connectivity index (χ1v) is 9.62. The van der Waals surface area contributed by atoms with E-state index in [1.54, 1.807) is 6.20 Å². The molecule has 2 heterocycles. The van der Waals surface area contributed by atoms with Crippen LogP contribution in [-0.2, 0) is 0 Å². The Morgan fingerprint density at radius 3 is 2.37 bits per heavy atom. The second kappa shape index (κ2) is 9.86. The Morgan fingerprint density at radius 2 is 1.83 bits per heavy atom. The molecular weight excluding hydrogens is 391 g/mol. The number of hydrogen-bond donors (Lipinski definition) is 5. The van der Waals surface area contributed by atoms with Gasteiger partial charge in [-0.15, -0.1) is 0 Å². The van der Waals surface area contributed by atoms with E-state index in [1.165, 1.54) is 0 Å². The molecule has 0 aliphatic carbocycles. The van der Waals surface area contributed by atoms with Crippen LogP contribution in [0.25, 0.3) is 0 Å². The van der Waals surface area contributed by atoms with Crippen LogP contribution in [-0.4, -0.2) is 39.2 Å². The summed E-state index contributed by atoms with van der Waals surface area (Å²) in [6, 6.07) is 1.96. The van der Waals surface area contributed by atoms with Gasteiger partial charge in [-0.3, -0.25) is 9.78 Å². The topological polar surface area (TPSA) is 142 Å². The van der Waals surface area contributed by atoms with Crippen molar-refractivity contribution in [2.75, 3.05) is 10.6 Å². The fraction of sp³-hybridized carbons (Fsp3) is 0.400. The quantitative estimate of drug-likeness (QED) is 0.420. The molecule has 0 bridgehead atoms. The van der Waals surface area contributed by atoms with Crippen LogP contribution in [0.15, 0.2) is 18.3 Å². The Balaban J connectivity index is 2.40. The number of nitrogens with two attached hydrogens (primary N) is 1. The number of aromatic nitrogens is 2. The number of aryl methyl sites for hydroxylation is 2. The zero-order valence-electron chi connectivity index (χ0n) is 17.4. The first kappa shape index (κ1) is 22.9. The summed E-state index contributed by atoms with van der Waals surface area (Å²) in [5.41, 5.74) is 7.63. The molecule has 6 N–H and O–H groups in total. The minimum absolute atomic E-state index is 0.0746. The van der Waals surface area contributed by atoms with Crippen molar-refractivity contribution < 1.29 is 19.1 Å². The largest absolute Gasteiger partial charge is 0.465 e. The number of hydrogen-bond acceptors (Lipinski definition) is 6. The van der Waals surface area contributed by atoms with E-state index in [2.05, 4.69) is 25.9 Å². The number of amides is 2. The fourth-order valence-corrected chi connectivity index (χ4v) is 3.03. The second-order valence-corrected chi connectivity index (χ2v) is 6.95. The zero-order valence-corrected chi connectivity index (χ0v) is 17.4. The molecule has 0 aromatic carbocycles. The molecule has 0 saturated carbocycles. The molecule has 0 unspecified atom stereocenters. The average Bonchev–Trinajstić information content (AvgIpc) is 2.68. The maximum atomic E-state index is 14.7. The van der Waals surface area contributed by atoms with Gasteiger partial charge in [0, 0.05) is 11.7 Å². The van der Waals surface area contributed by atoms with Crippen molar-refractivity contribution in [1.82, 2.24) is 15.3 Å². The monoisotopic (exact) mass is 418 g/mol. The second-order valence-electron chi connectivity index (χ2n) is 6.95. The van der Waals surface area contributed by atoms with Crippen molar-refractivity contribution in [2.24, 2.45) is 5.73 Å². The molecule has 0 saturated heterocycles. The van der Waals surface area contributed by atoms with Crippen molar-refractivity contribution in [3.05, 3.63) is 41.0 Å². The van der Waals surface area contributed by atoms with Crippen LogP contribution in [0.5, 0.6) is 0 Å². The number of halogens is 1. The number of primary amides is 1. The van der Waals surface area contributed by atoms with Gasteiger partial charge in [0.05, 0.1) is 23.5 Å². The molecule has 2 aromatic rings. The normalized spacial score (nSPS) is 12.7. The molecule has 10 heteroatoms. The van der Waals surface area contributed by atoms with Gasteiger partial charge in [0.1, 0.15) is 5.82 Å². The standard InChI is InChI=1S/C20H27FN6O3/c1-5-15(16(6-2)26-20(29)30)25-19-14(21)8-13(17(22)28)18(27-19)24-12-7-10(3)11(4)23-9-12/h7-9,15-16,26H,5-6H2,1-4H3,(H2,22,28)(H,29,30)(H2,24,25,27)/t15-,16+/m1/s1. The lowest BCUT2D eigenvalue weighted by Gasteiger charge is -2.27. The lowest BCUT2D eigenvalue weighted by molar-refractivity contribution is 0.100. The maximum absolute atomic E-state index is 14.7. The van der Waals surface area contributed by atoms with E-state index in [0.29, 0.717) is 18.5 Å². The number of pyridine rings is 2. The smallest absolute Gasteiger partial charge is 0.404 e. The minimum atomic E-state index is -1.16. The molecule has 2 rings (SSSR count). The van der Waals surface area contributed by atoms with E-state index in [9.17, 15) is 14.0 Å². The van der Waals surface area contributed by atoms with Crippen molar-refractivity contribution in [2.45, 2.75) is 52.6 Å². The van der Waals surface area contributed by atoms with Gasteiger partial charge in [-0.2, -0.15) is 0 Å². The number of nitrogens with one attached hydrogen (secondary N) is 3. The summed E-state index contributed by atoms with van der Waals surface area (Å²) in [5.74, 6) is -1.64. The molecule has 0 aliphatic heterocycles. The Hall–Kier alpha value is -3.43. The molecule has 2 atom stereocenters. The third-order valence-corrected chi connectivity index (χ3v) is 4.84. The Labute approximate surface area is 174 Å². The summed E-state index contributed by atoms with van der Waals surface area (Å²) in [7, 11) is 0. The zero-order chi connectivity index (χ0) is 22.4. The number of carbonyl (C=O) groups is 2. The summed E-state index contributed by atoms with van der Waals surface area (Å²) in [5, 5.41) is 17.4. The van der Waals surface area contributed by atoms with E-state index in [4.69, 9.17) is 10.8 Å². The maximum Gasteiger partial charge on any atom is 0.404 e. The van der Waals surface area contributed by atoms with Crippen LogP contribution >= 0.6 is 0 Å². The average molecular weight is 418 g/mol. The van der Waals surface area contributed by atoms with E-state index in [-0.39, 0.29) is 17.2 Å². The Morgan fingerprint density at radius 1 is 1.17 bits per heavy atom. The molecule has 2 amide bonds. The third-order valence-electron chi connectivity index (χ3n) is 4.84. The Kier molecular flexibility index (Phi) is 7.51. The fourth-order valence-electron chi connectivity index (χ4n) is 3.03. The minimum Gasteiger partial charge on any atom is -0.465 e. The molecule has 0 radical (unpaired) electrons. The lowest BCUT2D eigenvalue weighted by atomic mass is 10.0. The predicted octanol–water partition coefficient (Wildman–Crippen LogP) is 3.31. The predicted molar refractivity (Wildman–Crippen MR) is 113 cm³/mol. The molecule has 2 aromatic heterocycles. The number of nitrogens with zero attached hydrogens (tertiary/aromatic N) is 2. The molecule has 0 aliphatic rings. The molecule has 0 fully saturated rings. The number of rotatable bonds is 9. The third kappa shape index (κ3) is 5.56. The molecular formula is C20H27FN6O3. The van der Waals surface area contributed by atoms with E-state index in [1.807, 2.05) is 33.8 Å². The van der Waals surface area contributed by atoms with Gasteiger partial charge < -0.3 is 26.8 Å². The van der Waals surface area contributed by atoms with Crippen molar-refractivity contribution in [3.8, 4) is 0 Å².